The molecule has 5 nitrogen and oxygen atoms in total. The van der Waals surface area contributed by atoms with Crippen LogP contribution in [0, 0.1) is 0 Å². The summed E-state index contributed by atoms with van der Waals surface area (Å²) in [6.45, 7) is 0.694. The molecule has 0 amide bonds. The van der Waals surface area contributed by atoms with Crippen LogP contribution in [0.25, 0.3) is 0 Å². The molecule has 78 valence electrons. The van der Waals surface area contributed by atoms with Crippen molar-refractivity contribution in [3.8, 4) is 0 Å². The van der Waals surface area contributed by atoms with Gasteiger partial charge >= 0.3 is 0 Å². The molecule has 0 radical (unpaired) electrons. The second-order valence-electron chi connectivity index (χ2n) is 3.32. The van der Waals surface area contributed by atoms with Crippen LogP contribution in [0.1, 0.15) is 5.56 Å². The fraction of sp³-hybridized carbons (Fsp3) is 0.200. The maximum Gasteiger partial charge on any atom is 0.190 e. The van der Waals surface area contributed by atoms with Crippen molar-refractivity contribution in [1.82, 2.24) is 15.0 Å². The second kappa shape index (κ2) is 4.00. The lowest BCUT2D eigenvalue weighted by atomic mass is 10.1. The molecule has 5 heteroatoms. The van der Waals surface area contributed by atoms with Gasteiger partial charge in [0.05, 0.1) is 0 Å². The summed E-state index contributed by atoms with van der Waals surface area (Å²) >= 11 is 0. The Bertz CT molecular complexity index is 434. The van der Waals surface area contributed by atoms with E-state index < -0.39 is 0 Å². The van der Waals surface area contributed by atoms with Gasteiger partial charge in [0, 0.05) is 6.54 Å². The van der Waals surface area contributed by atoms with E-state index >= 15 is 0 Å². The third-order valence-corrected chi connectivity index (χ3v) is 2.26. The largest absolute Gasteiger partial charge is 0.381 e. The van der Waals surface area contributed by atoms with Crippen molar-refractivity contribution in [3.63, 3.8) is 0 Å². The smallest absolute Gasteiger partial charge is 0.190 e. The highest BCUT2D eigenvalue weighted by Crippen LogP contribution is 2.10. The first kappa shape index (κ1) is 9.51. The molecule has 1 aromatic carbocycles. The minimum Gasteiger partial charge on any atom is -0.381 e. The summed E-state index contributed by atoms with van der Waals surface area (Å²) in [5.74, 6) is 0.731. The van der Waals surface area contributed by atoms with E-state index in [4.69, 9.17) is 11.5 Å². The molecule has 0 unspecified atom stereocenters. The molecule has 2 aromatic rings. The van der Waals surface area contributed by atoms with E-state index in [2.05, 4.69) is 22.4 Å². The van der Waals surface area contributed by atoms with Gasteiger partial charge in [0.25, 0.3) is 0 Å². The topological polar surface area (TPSA) is 82.8 Å². The Morgan fingerprint density at radius 3 is 2.47 bits per heavy atom. The van der Waals surface area contributed by atoms with E-state index in [1.807, 2.05) is 18.2 Å². The summed E-state index contributed by atoms with van der Waals surface area (Å²) in [4.78, 5) is 0. The van der Waals surface area contributed by atoms with E-state index in [0.29, 0.717) is 18.2 Å². The highest BCUT2D eigenvalue weighted by molar-refractivity contribution is 5.51. The molecule has 1 aromatic heterocycles. The Hall–Kier alpha value is -2.04. The Balaban J connectivity index is 2.02. The molecule has 0 saturated heterocycles. The fourth-order valence-corrected chi connectivity index (χ4v) is 1.38. The predicted molar refractivity (Wildman–Crippen MR) is 59.0 cm³/mol. The van der Waals surface area contributed by atoms with Crippen molar-refractivity contribution >= 4 is 11.6 Å². The maximum absolute atomic E-state index is 5.68. The number of hydrogen-bond donors (Lipinski definition) is 2. The van der Waals surface area contributed by atoms with Crippen LogP contribution in [-0.4, -0.2) is 15.0 Å². The number of rotatable bonds is 3. The summed E-state index contributed by atoms with van der Waals surface area (Å²) in [5, 5.41) is 7.54. The molecule has 0 saturated carbocycles. The van der Waals surface area contributed by atoms with Crippen molar-refractivity contribution in [2.24, 2.45) is 0 Å². The summed E-state index contributed by atoms with van der Waals surface area (Å²) in [7, 11) is 0. The maximum atomic E-state index is 5.68. The van der Waals surface area contributed by atoms with Crippen LogP contribution in [0.2, 0.25) is 0 Å². The van der Waals surface area contributed by atoms with Crippen LogP contribution in [0.5, 0.6) is 0 Å². The van der Waals surface area contributed by atoms with E-state index in [9.17, 15) is 0 Å². The molecule has 4 N–H and O–H groups in total. The van der Waals surface area contributed by atoms with Crippen LogP contribution in [-0.2, 0) is 13.0 Å². The summed E-state index contributed by atoms with van der Waals surface area (Å²) in [6.07, 6.45) is 0.869. The number of aryl methyl sites for hydroxylation is 2. The Labute approximate surface area is 87.7 Å². The molecule has 0 spiro atoms. The molecule has 2 rings (SSSR count). The first-order chi connectivity index (χ1) is 7.27. The SMILES string of the molecule is Nc1nnn(CCc2ccccc2)c1N. The molecule has 0 aliphatic carbocycles. The molecule has 0 atom stereocenters. The standard InChI is InChI=1S/C10H13N5/c11-9-10(12)15(14-13-9)7-6-8-4-2-1-3-5-8/h1-5H,6-7,11-12H2. The second-order valence-corrected chi connectivity index (χ2v) is 3.32. The molecule has 1 heterocycles. The third-order valence-electron chi connectivity index (χ3n) is 2.26. The zero-order valence-corrected chi connectivity index (χ0v) is 8.30. The lowest BCUT2D eigenvalue weighted by molar-refractivity contribution is 0.596. The Morgan fingerprint density at radius 2 is 1.87 bits per heavy atom. The molecule has 15 heavy (non-hydrogen) atoms. The number of benzene rings is 1. The molecule has 0 bridgehead atoms. The zero-order valence-electron chi connectivity index (χ0n) is 8.30. The van der Waals surface area contributed by atoms with Gasteiger partial charge in [-0.05, 0) is 12.0 Å². The highest BCUT2D eigenvalue weighted by Gasteiger charge is 2.04. The van der Waals surface area contributed by atoms with Gasteiger partial charge in [0.15, 0.2) is 11.6 Å². The van der Waals surface area contributed by atoms with Gasteiger partial charge in [-0.1, -0.05) is 35.5 Å². The fourth-order valence-electron chi connectivity index (χ4n) is 1.38. The summed E-state index contributed by atoms with van der Waals surface area (Å²) in [6, 6.07) is 10.1. The predicted octanol–water partition coefficient (Wildman–Crippen LogP) is 0.685. The number of nitrogens with zero attached hydrogens (tertiary/aromatic N) is 3. The van der Waals surface area contributed by atoms with Crippen LogP contribution >= 0.6 is 0 Å². The molecule has 0 aliphatic rings. The van der Waals surface area contributed by atoms with E-state index in [-0.39, 0.29) is 0 Å². The normalized spacial score (nSPS) is 10.4. The zero-order chi connectivity index (χ0) is 10.7. The molecule has 0 fully saturated rings. The van der Waals surface area contributed by atoms with Crippen LogP contribution in [0.15, 0.2) is 30.3 Å². The molecular weight excluding hydrogens is 190 g/mol. The van der Waals surface area contributed by atoms with Gasteiger partial charge in [0.2, 0.25) is 0 Å². The summed E-state index contributed by atoms with van der Waals surface area (Å²) in [5.41, 5.74) is 12.4. The third kappa shape index (κ3) is 2.07. The van der Waals surface area contributed by atoms with Gasteiger partial charge in [-0.25, -0.2) is 4.68 Å². The quantitative estimate of drug-likeness (QED) is 0.768. The van der Waals surface area contributed by atoms with Crippen molar-refractivity contribution in [2.45, 2.75) is 13.0 Å². The van der Waals surface area contributed by atoms with Gasteiger partial charge in [-0.2, -0.15) is 0 Å². The lowest BCUT2D eigenvalue weighted by Crippen LogP contribution is -2.07. The first-order valence-corrected chi connectivity index (χ1v) is 4.76. The Kier molecular flexibility index (Phi) is 2.53. The van der Waals surface area contributed by atoms with Gasteiger partial charge in [-0.3, -0.25) is 0 Å². The van der Waals surface area contributed by atoms with E-state index in [0.717, 1.165) is 6.42 Å². The number of anilines is 2. The van der Waals surface area contributed by atoms with Crippen molar-refractivity contribution in [2.75, 3.05) is 11.5 Å². The minimum atomic E-state index is 0.295. The van der Waals surface area contributed by atoms with Crippen LogP contribution in [0.4, 0.5) is 11.6 Å². The first-order valence-electron chi connectivity index (χ1n) is 4.76. The number of nitrogens with two attached hydrogens (primary N) is 2. The minimum absolute atomic E-state index is 0.295. The van der Waals surface area contributed by atoms with Gasteiger partial charge in [0.1, 0.15) is 0 Å². The number of hydrogen-bond acceptors (Lipinski definition) is 4. The average molecular weight is 203 g/mol. The van der Waals surface area contributed by atoms with Crippen LogP contribution in [0.3, 0.4) is 0 Å². The monoisotopic (exact) mass is 203 g/mol. The van der Waals surface area contributed by atoms with Gasteiger partial charge < -0.3 is 11.5 Å². The number of nitrogen functional groups attached to an aromatic ring is 2. The summed E-state index contributed by atoms with van der Waals surface area (Å²) < 4.78 is 1.61. The average Bonchev–Trinajstić information content (AvgIpc) is 2.59. The van der Waals surface area contributed by atoms with E-state index in [1.165, 1.54) is 5.56 Å². The molecule has 0 aliphatic heterocycles. The highest BCUT2D eigenvalue weighted by atomic mass is 15.5. The lowest BCUT2D eigenvalue weighted by Gasteiger charge is -2.02. The molecular formula is C10H13N5. The Morgan fingerprint density at radius 1 is 1.13 bits per heavy atom. The number of aromatic nitrogens is 3. The van der Waals surface area contributed by atoms with Gasteiger partial charge in [-0.15, -0.1) is 5.10 Å². The van der Waals surface area contributed by atoms with Crippen LogP contribution < -0.4 is 11.5 Å². The van der Waals surface area contributed by atoms with Crippen molar-refractivity contribution in [3.05, 3.63) is 35.9 Å². The van der Waals surface area contributed by atoms with Crippen molar-refractivity contribution in [1.29, 1.82) is 0 Å². The van der Waals surface area contributed by atoms with Crippen molar-refractivity contribution < 1.29 is 0 Å². The van der Waals surface area contributed by atoms with E-state index in [1.54, 1.807) is 4.68 Å².